The van der Waals surface area contributed by atoms with Crippen molar-refractivity contribution in [2.75, 3.05) is 19.7 Å². The van der Waals surface area contributed by atoms with Crippen LogP contribution in [0.4, 0.5) is 4.79 Å². The van der Waals surface area contributed by atoms with Gasteiger partial charge in [-0.1, -0.05) is 12.1 Å². The van der Waals surface area contributed by atoms with Crippen LogP contribution in [0.5, 0.6) is 0 Å². The van der Waals surface area contributed by atoms with E-state index >= 15 is 0 Å². The summed E-state index contributed by atoms with van der Waals surface area (Å²) in [5, 5.41) is 25.9. The molecule has 2 atom stereocenters. The Kier molecular flexibility index (Phi) is 5.99. The van der Waals surface area contributed by atoms with Crippen molar-refractivity contribution in [2.24, 2.45) is 5.92 Å². The molecule has 1 aliphatic rings. The molecule has 2 amide bonds. The molecule has 1 aliphatic heterocycles. The molecule has 1 saturated heterocycles. The topological polar surface area (TPSA) is 108 Å². The van der Waals surface area contributed by atoms with Crippen molar-refractivity contribution in [3.63, 3.8) is 0 Å². The third-order valence-electron chi connectivity index (χ3n) is 5.19. The average Bonchev–Trinajstić information content (AvgIpc) is 3.33. The summed E-state index contributed by atoms with van der Waals surface area (Å²) in [5.41, 5.74) is 2.07. The summed E-state index contributed by atoms with van der Waals surface area (Å²) < 4.78 is 1.88. The van der Waals surface area contributed by atoms with E-state index in [1.807, 2.05) is 17.1 Å². The molecule has 3 N–H and O–H groups in total. The molecule has 0 bridgehead atoms. The molecule has 28 heavy (non-hydrogen) atoms. The highest BCUT2D eigenvalue weighted by atomic mass is 16.4. The van der Waals surface area contributed by atoms with Gasteiger partial charge in [0.2, 0.25) is 0 Å². The van der Waals surface area contributed by atoms with E-state index in [1.165, 1.54) is 12.1 Å². The number of nitrogens with zero attached hydrogens (tertiary/aromatic N) is 3. The number of aromatic nitrogens is 2. The Hall–Kier alpha value is -2.87. The Balaban J connectivity index is 1.60. The number of amides is 2. The number of rotatable bonds is 6. The zero-order valence-corrected chi connectivity index (χ0v) is 16.1. The van der Waals surface area contributed by atoms with E-state index in [1.54, 1.807) is 17.0 Å². The molecule has 1 fully saturated rings. The second-order valence-electron chi connectivity index (χ2n) is 7.46. The highest BCUT2D eigenvalue weighted by Gasteiger charge is 2.36. The van der Waals surface area contributed by atoms with E-state index in [4.69, 9.17) is 5.11 Å². The molecule has 0 radical (unpaired) electrons. The fourth-order valence-corrected chi connectivity index (χ4v) is 3.48. The van der Waals surface area contributed by atoms with Gasteiger partial charge in [-0.05, 0) is 37.1 Å². The molecule has 1 aromatic heterocycles. The van der Waals surface area contributed by atoms with E-state index in [-0.39, 0.29) is 36.1 Å². The van der Waals surface area contributed by atoms with Gasteiger partial charge in [-0.15, -0.1) is 0 Å². The van der Waals surface area contributed by atoms with Crippen LogP contribution in [0.2, 0.25) is 0 Å². The second kappa shape index (κ2) is 8.43. The maximum atomic E-state index is 12.6. The summed E-state index contributed by atoms with van der Waals surface area (Å²) in [5.74, 6) is -0.946. The van der Waals surface area contributed by atoms with Crippen molar-refractivity contribution in [2.45, 2.75) is 32.4 Å². The normalized spacial score (nSPS) is 19.2. The van der Waals surface area contributed by atoms with Crippen molar-refractivity contribution in [3.8, 4) is 0 Å². The Morgan fingerprint density at radius 2 is 1.96 bits per heavy atom. The van der Waals surface area contributed by atoms with Crippen molar-refractivity contribution in [3.05, 3.63) is 53.3 Å². The van der Waals surface area contributed by atoms with E-state index in [0.29, 0.717) is 19.6 Å². The lowest BCUT2D eigenvalue weighted by Crippen LogP contribution is -2.38. The molecule has 2 aromatic rings. The minimum atomic E-state index is -0.977. The molecule has 0 aliphatic carbocycles. The molecule has 0 spiro atoms. The van der Waals surface area contributed by atoms with Crippen molar-refractivity contribution < 1.29 is 19.8 Å². The largest absolute Gasteiger partial charge is 0.478 e. The fourth-order valence-electron chi connectivity index (χ4n) is 3.48. The number of aliphatic hydroxyl groups is 1. The van der Waals surface area contributed by atoms with Gasteiger partial charge in [0.15, 0.2) is 0 Å². The zero-order valence-electron chi connectivity index (χ0n) is 16.1. The Bertz CT molecular complexity index is 831. The quantitative estimate of drug-likeness (QED) is 0.704. The van der Waals surface area contributed by atoms with Crippen LogP contribution >= 0.6 is 0 Å². The van der Waals surface area contributed by atoms with Crippen molar-refractivity contribution in [1.82, 2.24) is 20.0 Å². The monoisotopic (exact) mass is 386 g/mol. The lowest BCUT2D eigenvalue weighted by Gasteiger charge is -2.17. The highest BCUT2D eigenvalue weighted by Crippen LogP contribution is 2.32. The van der Waals surface area contributed by atoms with Gasteiger partial charge in [0.1, 0.15) is 0 Å². The number of benzene rings is 1. The van der Waals surface area contributed by atoms with Crippen LogP contribution in [0.25, 0.3) is 0 Å². The zero-order chi connectivity index (χ0) is 20.3. The van der Waals surface area contributed by atoms with Gasteiger partial charge in [-0.3, -0.25) is 4.68 Å². The standard InChI is InChI=1S/C20H26N4O4/c1-13(2)24-10-16(8-22-24)18-11-23(9-17(18)12-25)20(28)21-7-14-3-5-15(6-4-14)19(26)27/h3-6,8,10,13,17-18,25H,7,9,11-12H2,1-2H3,(H,21,28)(H,26,27)/t17-,18-/m0/s1. The minimum absolute atomic E-state index is 0.0119. The number of carboxylic acids is 1. The summed E-state index contributed by atoms with van der Waals surface area (Å²) in [4.78, 5) is 25.2. The van der Waals surface area contributed by atoms with Crippen LogP contribution < -0.4 is 5.32 Å². The number of urea groups is 1. The first-order valence-corrected chi connectivity index (χ1v) is 9.39. The summed E-state index contributed by atoms with van der Waals surface area (Å²) in [6, 6.07) is 6.48. The molecule has 1 aromatic carbocycles. The lowest BCUT2D eigenvalue weighted by molar-refractivity contribution is 0.0697. The smallest absolute Gasteiger partial charge is 0.335 e. The maximum Gasteiger partial charge on any atom is 0.335 e. The number of carboxylic acid groups (broad SMARTS) is 1. The molecule has 2 heterocycles. The number of likely N-dealkylation sites (tertiary alicyclic amines) is 1. The fraction of sp³-hybridized carbons (Fsp3) is 0.450. The van der Waals surface area contributed by atoms with Gasteiger partial charge in [-0.2, -0.15) is 5.10 Å². The molecular weight excluding hydrogens is 360 g/mol. The maximum absolute atomic E-state index is 12.6. The van der Waals surface area contributed by atoms with E-state index in [2.05, 4.69) is 24.3 Å². The minimum Gasteiger partial charge on any atom is -0.478 e. The molecule has 150 valence electrons. The first kappa shape index (κ1) is 19.9. The van der Waals surface area contributed by atoms with Crippen molar-refractivity contribution in [1.29, 1.82) is 0 Å². The van der Waals surface area contributed by atoms with Crippen LogP contribution in [0.3, 0.4) is 0 Å². The number of aliphatic hydroxyl groups excluding tert-OH is 1. The van der Waals surface area contributed by atoms with Crippen LogP contribution in [0.15, 0.2) is 36.7 Å². The average molecular weight is 386 g/mol. The van der Waals surface area contributed by atoms with Gasteiger partial charge >= 0.3 is 12.0 Å². The SMILES string of the molecule is CC(C)n1cc([C@@H]2CN(C(=O)NCc3ccc(C(=O)O)cc3)C[C@H]2CO)cn1. The first-order chi connectivity index (χ1) is 13.4. The van der Waals surface area contributed by atoms with Crippen LogP contribution in [-0.4, -0.2) is 56.6 Å². The Morgan fingerprint density at radius 3 is 2.54 bits per heavy atom. The van der Waals surface area contributed by atoms with Crippen LogP contribution in [-0.2, 0) is 6.54 Å². The summed E-state index contributed by atoms with van der Waals surface area (Å²) in [6.45, 7) is 5.44. The van der Waals surface area contributed by atoms with Crippen molar-refractivity contribution >= 4 is 12.0 Å². The summed E-state index contributed by atoms with van der Waals surface area (Å²) in [7, 11) is 0. The van der Waals surface area contributed by atoms with Gasteiger partial charge in [0.05, 0.1) is 11.8 Å². The molecule has 8 nitrogen and oxygen atoms in total. The molecule has 0 unspecified atom stereocenters. The number of nitrogens with one attached hydrogen (secondary N) is 1. The van der Waals surface area contributed by atoms with E-state index < -0.39 is 5.97 Å². The first-order valence-electron chi connectivity index (χ1n) is 9.39. The van der Waals surface area contributed by atoms with E-state index in [9.17, 15) is 14.7 Å². The lowest BCUT2D eigenvalue weighted by atomic mass is 9.92. The van der Waals surface area contributed by atoms with Crippen LogP contribution in [0, 0.1) is 5.92 Å². The summed E-state index contributed by atoms with van der Waals surface area (Å²) in [6.07, 6.45) is 3.81. The third-order valence-corrected chi connectivity index (χ3v) is 5.19. The highest BCUT2D eigenvalue weighted by molar-refractivity contribution is 5.87. The van der Waals surface area contributed by atoms with Gasteiger partial charge in [-0.25, -0.2) is 9.59 Å². The second-order valence-corrected chi connectivity index (χ2v) is 7.46. The molecule has 0 saturated carbocycles. The third kappa shape index (κ3) is 4.33. The van der Waals surface area contributed by atoms with E-state index in [0.717, 1.165) is 11.1 Å². The molecule has 3 rings (SSSR count). The number of hydrogen-bond donors (Lipinski definition) is 3. The van der Waals surface area contributed by atoms with Gasteiger partial charge < -0.3 is 20.4 Å². The number of carbonyl (C=O) groups is 2. The molecular formula is C20H26N4O4. The Morgan fingerprint density at radius 1 is 1.25 bits per heavy atom. The number of carbonyl (C=O) groups excluding carboxylic acids is 1. The number of aromatic carboxylic acids is 1. The van der Waals surface area contributed by atoms with Gasteiger partial charge in [0, 0.05) is 50.3 Å². The molecule has 8 heteroatoms. The predicted molar refractivity (Wildman–Crippen MR) is 103 cm³/mol. The number of hydrogen-bond acceptors (Lipinski definition) is 4. The summed E-state index contributed by atoms with van der Waals surface area (Å²) >= 11 is 0. The predicted octanol–water partition coefficient (Wildman–Crippen LogP) is 2.08. The Labute approximate surface area is 163 Å². The van der Waals surface area contributed by atoms with Gasteiger partial charge in [0.25, 0.3) is 0 Å². The van der Waals surface area contributed by atoms with Crippen LogP contribution in [0.1, 0.15) is 47.3 Å².